The molecule has 5 nitrogen and oxygen atoms in total. The van der Waals surface area contributed by atoms with Crippen molar-refractivity contribution in [3.8, 4) is 5.75 Å². The zero-order chi connectivity index (χ0) is 17.4. The number of halogens is 2. The van der Waals surface area contributed by atoms with E-state index in [2.05, 4.69) is 5.32 Å². The van der Waals surface area contributed by atoms with Crippen LogP contribution in [-0.2, 0) is 20.9 Å². The zero-order valence-corrected chi connectivity index (χ0v) is 12.6. The molecule has 1 amide bonds. The lowest BCUT2D eigenvalue weighted by molar-refractivity contribution is -0.150. The number of hydrogen-bond acceptors (Lipinski definition) is 4. The Morgan fingerprint density at radius 1 is 0.958 bits per heavy atom. The van der Waals surface area contributed by atoms with Crippen LogP contribution in [0.3, 0.4) is 0 Å². The fraction of sp³-hybridized carbons (Fsp3) is 0.176. The lowest BCUT2D eigenvalue weighted by Gasteiger charge is -2.08. The fourth-order valence-electron chi connectivity index (χ4n) is 1.74. The third kappa shape index (κ3) is 6.04. The van der Waals surface area contributed by atoms with Crippen molar-refractivity contribution in [1.82, 2.24) is 5.32 Å². The summed E-state index contributed by atoms with van der Waals surface area (Å²) in [6, 6.07) is 10.9. The number of nitrogens with one attached hydrogen (secondary N) is 1. The first-order chi connectivity index (χ1) is 11.5. The number of ether oxygens (including phenoxy) is 2. The largest absolute Gasteiger partial charge is 0.482 e. The Hall–Kier alpha value is -2.96. The van der Waals surface area contributed by atoms with E-state index < -0.39 is 30.9 Å². The van der Waals surface area contributed by atoms with Crippen molar-refractivity contribution in [2.75, 3.05) is 13.2 Å². The molecule has 0 aliphatic heterocycles. The number of carbonyl (C=O) groups is 2. The zero-order valence-electron chi connectivity index (χ0n) is 12.6. The Balaban J connectivity index is 1.65. The van der Waals surface area contributed by atoms with Crippen LogP contribution in [-0.4, -0.2) is 25.1 Å². The summed E-state index contributed by atoms with van der Waals surface area (Å²) in [7, 11) is 0. The van der Waals surface area contributed by atoms with E-state index in [-0.39, 0.29) is 18.1 Å². The molecule has 1 N–H and O–H groups in total. The lowest BCUT2D eigenvalue weighted by atomic mass is 10.2. The Labute approximate surface area is 137 Å². The van der Waals surface area contributed by atoms with Gasteiger partial charge in [0.2, 0.25) is 0 Å². The number of benzene rings is 2. The SMILES string of the molecule is O=C(COC(=O)COc1cccc(F)c1)NCc1ccc(F)cc1. The number of esters is 1. The quantitative estimate of drug-likeness (QED) is 0.788. The first-order valence-electron chi connectivity index (χ1n) is 7.08. The van der Waals surface area contributed by atoms with Gasteiger partial charge in [-0.3, -0.25) is 4.79 Å². The van der Waals surface area contributed by atoms with E-state index in [9.17, 15) is 18.4 Å². The smallest absolute Gasteiger partial charge is 0.344 e. The molecule has 0 atom stereocenters. The van der Waals surface area contributed by atoms with Gasteiger partial charge in [-0.2, -0.15) is 0 Å². The molecule has 0 saturated heterocycles. The van der Waals surface area contributed by atoms with E-state index >= 15 is 0 Å². The molecule has 126 valence electrons. The van der Waals surface area contributed by atoms with E-state index in [1.165, 1.54) is 42.5 Å². The second-order valence-corrected chi connectivity index (χ2v) is 4.81. The van der Waals surface area contributed by atoms with Crippen LogP contribution >= 0.6 is 0 Å². The molecule has 0 aliphatic rings. The van der Waals surface area contributed by atoms with Gasteiger partial charge in [-0.15, -0.1) is 0 Å². The van der Waals surface area contributed by atoms with Gasteiger partial charge in [0.05, 0.1) is 0 Å². The molecule has 0 unspecified atom stereocenters. The normalized spacial score (nSPS) is 10.1. The minimum Gasteiger partial charge on any atom is -0.482 e. The summed E-state index contributed by atoms with van der Waals surface area (Å²) in [6.45, 7) is -0.711. The average Bonchev–Trinajstić information content (AvgIpc) is 2.57. The molecular weight excluding hydrogens is 320 g/mol. The number of carbonyl (C=O) groups excluding carboxylic acids is 2. The molecule has 0 spiro atoms. The van der Waals surface area contributed by atoms with E-state index in [4.69, 9.17) is 9.47 Å². The third-order valence-electron chi connectivity index (χ3n) is 2.92. The van der Waals surface area contributed by atoms with Crippen LogP contribution in [0.5, 0.6) is 5.75 Å². The predicted octanol–water partition coefficient (Wildman–Crippen LogP) is 2.20. The molecule has 0 aromatic heterocycles. The second-order valence-electron chi connectivity index (χ2n) is 4.81. The molecular formula is C17H15F2NO4. The van der Waals surface area contributed by atoms with Gasteiger partial charge >= 0.3 is 5.97 Å². The topological polar surface area (TPSA) is 64.6 Å². The first-order valence-corrected chi connectivity index (χ1v) is 7.08. The van der Waals surface area contributed by atoms with Crippen molar-refractivity contribution in [2.45, 2.75) is 6.54 Å². The number of amides is 1. The molecule has 2 rings (SSSR count). The standard InChI is InChI=1S/C17H15F2NO4/c18-13-6-4-12(5-7-13)9-20-16(21)10-24-17(22)11-23-15-3-1-2-14(19)8-15/h1-8H,9-11H2,(H,20,21). The maximum absolute atomic E-state index is 12.9. The Bertz CT molecular complexity index is 704. The van der Waals surface area contributed by atoms with E-state index in [0.29, 0.717) is 5.56 Å². The van der Waals surface area contributed by atoms with Gasteiger partial charge < -0.3 is 14.8 Å². The fourth-order valence-corrected chi connectivity index (χ4v) is 1.74. The highest BCUT2D eigenvalue weighted by Crippen LogP contribution is 2.11. The van der Waals surface area contributed by atoms with Crippen molar-refractivity contribution in [3.05, 3.63) is 65.7 Å². The molecule has 0 fully saturated rings. The van der Waals surface area contributed by atoms with Crippen molar-refractivity contribution >= 4 is 11.9 Å². The molecule has 2 aromatic rings. The van der Waals surface area contributed by atoms with Crippen LogP contribution in [0, 0.1) is 11.6 Å². The second kappa shape index (κ2) is 8.61. The summed E-state index contributed by atoms with van der Waals surface area (Å²) in [5, 5.41) is 2.53. The monoisotopic (exact) mass is 335 g/mol. The molecule has 2 aromatic carbocycles. The maximum atomic E-state index is 12.9. The third-order valence-corrected chi connectivity index (χ3v) is 2.92. The lowest BCUT2D eigenvalue weighted by Crippen LogP contribution is -2.29. The highest BCUT2D eigenvalue weighted by atomic mass is 19.1. The molecule has 0 radical (unpaired) electrons. The summed E-state index contributed by atoms with van der Waals surface area (Å²) in [6.07, 6.45) is 0. The predicted molar refractivity (Wildman–Crippen MR) is 81.1 cm³/mol. The van der Waals surface area contributed by atoms with Crippen molar-refractivity contribution < 1.29 is 27.8 Å². The van der Waals surface area contributed by atoms with Crippen LogP contribution in [0.1, 0.15) is 5.56 Å². The van der Waals surface area contributed by atoms with E-state index in [0.717, 1.165) is 6.07 Å². The van der Waals surface area contributed by atoms with Crippen LogP contribution in [0.4, 0.5) is 8.78 Å². The highest BCUT2D eigenvalue weighted by Gasteiger charge is 2.08. The Kier molecular flexibility index (Phi) is 6.24. The molecule has 7 heteroatoms. The van der Waals surface area contributed by atoms with Crippen molar-refractivity contribution in [2.24, 2.45) is 0 Å². The average molecular weight is 335 g/mol. The van der Waals surface area contributed by atoms with Crippen molar-refractivity contribution in [3.63, 3.8) is 0 Å². The van der Waals surface area contributed by atoms with Crippen LogP contribution < -0.4 is 10.1 Å². The molecule has 0 aliphatic carbocycles. The van der Waals surface area contributed by atoms with Gasteiger partial charge in [-0.25, -0.2) is 13.6 Å². The minimum atomic E-state index is -0.754. The van der Waals surface area contributed by atoms with Gasteiger partial charge in [0, 0.05) is 12.6 Å². The van der Waals surface area contributed by atoms with Gasteiger partial charge in [0.15, 0.2) is 13.2 Å². The summed E-state index contributed by atoms with van der Waals surface area (Å²) < 4.78 is 35.4. The highest BCUT2D eigenvalue weighted by molar-refractivity contribution is 5.80. The first kappa shape index (κ1) is 17.4. The summed E-state index contributed by atoms with van der Waals surface area (Å²) in [5.74, 6) is -1.92. The van der Waals surface area contributed by atoms with Gasteiger partial charge in [0.25, 0.3) is 5.91 Å². The van der Waals surface area contributed by atoms with Gasteiger partial charge in [-0.05, 0) is 29.8 Å². The Morgan fingerprint density at radius 2 is 1.71 bits per heavy atom. The molecule has 0 heterocycles. The Morgan fingerprint density at radius 3 is 2.42 bits per heavy atom. The van der Waals surface area contributed by atoms with Crippen molar-refractivity contribution in [1.29, 1.82) is 0 Å². The number of rotatable bonds is 7. The summed E-state index contributed by atoms with van der Waals surface area (Å²) >= 11 is 0. The molecule has 24 heavy (non-hydrogen) atoms. The number of hydrogen-bond donors (Lipinski definition) is 1. The maximum Gasteiger partial charge on any atom is 0.344 e. The van der Waals surface area contributed by atoms with E-state index in [1.54, 1.807) is 0 Å². The molecule has 0 bridgehead atoms. The minimum absolute atomic E-state index is 0.188. The molecule has 0 saturated carbocycles. The van der Waals surface area contributed by atoms with Crippen LogP contribution in [0.15, 0.2) is 48.5 Å². The van der Waals surface area contributed by atoms with Crippen LogP contribution in [0.2, 0.25) is 0 Å². The summed E-state index contributed by atoms with van der Waals surface area (Å²) in [4.78, 5) is 23.0. The van der Waals surface area contributed by atoms with Gasteiger partial charge in [0.1, 0.15) is 17.4 Å². The summed E-state index contributed by atoms with van der Waals surface area (Å²) in [5.41, 5.74) is 0.713. The van der Waals surface area contributed by atoms with Gasteiger partial charge in [-0.1, -0.05) is 18.2 Å². The van der Waals surface area contributed by atoms with E-state index in [1.807, 2.05) is 0 Å². The van der Waals surface area contributed by atoms with Crippen LogP contribution in [0.25, 0.3) is 0 Å².